The highest BCUT2D eigenvalue weighted by atomic mass is 16.6. The molecule has 0 spiro atoms. The molecule has 0 aliphatic carbocycles. The van der Waals surface area contributed by atoms with Gasteiger partial charge in [-0.25, -0.2) is 9.78 Å². The Kier molecular flexibility index (Phi) is 2.96. The monoisotopic (exact) mass is 243 g/mol. The summed E-state index contributed by atoms with van der Waals surface area (Å²) in [6.45, 7) is 0.855. The van der Waals surface area contributed by atoms with Gasteiger partial charge in [0.2, 0.25) is 0 Å². The van der Waals surface area contributed by atoms with Crippen molar-refractivity contribution in [3.05, 3.63) is 23.1 Å². The van der Waals surface area contributed by atoms with Gasteiger partial charge in [-0.05, 0) is 6.92 Å². The summed E-state index contributed by atoms with van der Waals surface area (Å²) < 4.78 is 6.21. The van der Waals surface area contributed by atoms with Crippen molar-refractivity contribution in [2.75, 3.05) is 6.61 Å². The molecule has 2 rings (SSSR count). The van der Waals surface area contributed by atoms with Crippen molar-refractivity contribution in [1.29, 1.82) is 0 Å². The van der Waals surface area contributed by atoms with Crippen molar-refractivity contribution in [3.8, 4) is 0 Å². The van der Waals surface area contributed by atoms with Gasteiger partial charge in [-0.1, -0.05) is 0 Å². The summed E-state index contributed by atoms with van der Waals surface area (Å²) in [5.41, 5.74) is -2.36. The SMILES string of the molecule is C[C@@]1(O)[C@H](O)[C@@H](CO)O[C@H]1n1cncnc1=O. The lowest BCUT2D eigenvalue weighted by Gasteiger charge is -2.26. The first-order chi connectivity index (χ1) is 7.98. The quantitative estimate of drug-likeness (QED) is 0.531. The summed E-state index contributed by atoms with van der Waals surface area (Å²) in [6, 6.07) is 0. The number of nitrogens with zero attached hydrogens (tertiary/aromatic N) is 3. The van der Waals surface area contributed by atoms with Crippen molar-refractivity contribution in [1.82, 2.24) is 14.5 Å². The Bertz CT molecular complexity index is 460. The van der Waals surface area contributed by atoms with E-state index in [0.29, 0.717) is 0 Å². The van der Waals surface area contributed by atoms with E-state index in [1.165, 1.54) is 6.92 Å². The van der Waals surface area contributed by atoms with Gasteiger partial charge in [-0.15, -0.1) is 0 Å². The van der Waals surface area contributed by atoms with E-state index in [2.05, 4.69) is 9.97 Å². The molecule has 0 saturated carbocycles. The van der Waals surface area contributed by atoms with Crippen LogP contribution in [0, 0.1) is 0 Å². The molecule has 1 aromatic heterocycles. The third kappa shape index (κ3) is 1.84. The topological polar surface area (TPSA) is 118 Å². The Labute approximate surface area is 96.1 Å². The molecule has 0 unspecified atom stereocenters. The molecule has 0 radical (unpaired) electrons. The van der Waals surface area contributed by atoms with Crippen LogP contribution in [0.15, 0.2) is 17.4 Å². The summed E-state index contributed by atoms with van der Waals surface area (Å²) in [5, 5.41) is 28.8. The predicted molar refractivity (Wildman–Crippen MR) is 53.9 cm³/mol. The highest BCUT2D eigenvalue weighted by Crippen LogP contribution is 2.36. The number of aliphatic hydroxyl groups is 3. The molecule has 4 atom stereocenters. The molecule has 0 amide bonds. The second kappa shape index (κ2) is 4.15. The minimum absolute atomic E-state index is 0.462. The lowest BCUT2D eigenvalue weighted by Crippen LogP contribution is -2.46. The first-order valence-electron chi connectivity index (χ1n) is 5.03. The van der Waals surface area contributed by atoms with Gasteiger partial charge in [0.1, 0.15) is 30.5 Å². The van der Waals surface area contributed by atoms with Crippen LogP contribution in [0.3, 0.4) is 0 Å². The largest absolute Gasteiger partial charge is 0.394 e. The highest BCUT2D eigenvalue weighted by molar-refractivity contribution is 4.99. The highest BCUT2D eigenvalue weighted by Gasteiger charge is 2.53. The number of hydrogen-bond acceptors (Lipinski definition) is 7. The third-order valence-electron chi connectivity index (χ3n) is 2.83. The molecule has 1 aliphatic heterocycles. The van der Waals surface area contributed by atoms with E-state index in [9.17, 15) is 15.0 Å². The first kappa shape index (κ1) is 12.1. The third-order valence-corrected chi connectivity index (χ3v) is 2.83. The van der Waals surface area contributed by atoms with Crippen LogP contribution in [0.4, 0.5) is 0 Å². The van der Waals surface area contributed by atoms with E-state index in [4.69, 9.17) is 9.84 Å². The zero-order chi connectivity index (χ0) is 12.6. The smallest absolute Gasteiger partial charge is 0.352 e. The van der Waals surface area contributed by atoms with Gasteiger partial charge in [0, 0.05) is 0 Å². The maximum Gasteiger partial charge on any atom is 0.352 e. The van der Waals surface area contributed by atoms with Crippen LogP contribution in [0.5, 0.6) is 0 Å². The maximum atomic E-state index is 11.5. The minimum Gasteiger partial charge on any atom is -0.394 e. The van der Waals surface area contributed by atoms with E-state index in [1.807, 2.05) is 0 Å². The fourth-order valence-corrected chi connectivity index (χ4v) is 1.85. The van der Waals surface area contributed by atoms with Gasteiger partial charge in [-0.2, -0.15) is 4.98 Å². The van der Waals surface area contributed by atoms with E-state index >= 15 is 0 Å². The average Bonchev–Trinajstić information content (AvgIpc) is 2.52. The second-order valence-electron chi connectivity index (χ2n) is 4.08. The molecular weight excluding hydrogens is 230 g/mol. The molecule has 0 bridgehead atoms. The predicted octanol–water partition coefficient (Wildman–Crippen LogP) is -2.36. The summed E-state index contributed by atoms with van der Waals surface area (Å²) >= 11 is 0. The van der Waals surface area contributed by atoms with Crippen LogP contribution >= 0.6 is 0 Å². The molecular formula is C9H13N3O5. The fraction of sp³-hybridized carbons (Fsp3) is 0.667. The normalized spacial score (nSPS) is 37.3. The molecule has 8 nitrogen and oxygen atoms in total. The van der Waals surface area contributed by atoms with Crippen LogP contribution in [0.1, 0.15) is 13.2 Å². The van der Waals surface area contributed by atoms with E-state index in [0.717, 1.165) is 17.2 Å². The van der Waals surface area contributed by atoms with Crippen molar-refractivity contribution in [2.24, 2.45) is 0 Å². The maximum absolute atomic E-state index is 11.5. The Balaban J connectivity index is 2.41. The molecule has 94 valence electrons. The second-order valence-corrected chi connectivity index (χ2v) is 4.08. The standard InChI is InChI=1S/C9H13N3O5/c1-9(16)6(14)5(2-13)17-7(9)12-4-10-3-11-8(12)15/h3-7,13-14,16H,2H2,1H3/t5-,6-,7-,9-/m1/s1. The number of aliphatic hydroxyl groups excluding tert-OH is 2. The molecule has 0 aromatic carbocycles. The van der Waals surface area contributed by atoms with E-state index in [1.54, 1.807) is 0 Å². The van der Waals surface area contributed by atoms with Gasteiger partial charge in [0.25, 0.3) is 0 Å². The summed E-state index contributed by atoms with van der Waals surface area (Å²) in [5.74, 6) is 0. The molecule has 17 heavy (non-hydrogen) atoms. The van der Waals surface area contributed by atoms with Crippen LogP contribution in [0.2, 0.25) is 0 Å². The van der Waals surface area contributed by atoms with Gasteiger partial charge in [-0.3, -0.25) is 4.57 Å². The van der Waals surface area contributed by atoms with Gasteiger partial charge < -0.3 is 20.1 Å². The van der Waals surface area contributed by atoms with Gasteiger partial charge >= 0.3 is 5.69 Å². The fourth-order valence-electron chi connectivity index (χ4n) is 1.85. The lowest BCUT2D eigenvalue weighted by atomic mass is 9.97. The molecule has 8 heteroatoms. The van der Waals surface area contributed by atoms with Crippen molar-refractivity contribution < 1.29 is 20.1 Å². The number of ether oxygens (including phenoxy) is 1. The molecule has 1 aliphatic rings. The Morgan fingerprint density at radius 3 is 2.88 bits per heavy atom. The van der Waals surface area contributed by atoms with Crippen molar-refractivity contribution in [2.45, 2.75) is 31.0 Å². The summed E-state index contributed by atoms with van der Waals surface area (Å²) in [7, 11) is 0. The molecule has 1 saturated heterocycles. The molecule has 1 aromatic rings. The minimum atomic E-state index is -1.71. The van der Waals surface area contributed by atoms with Crippen LogP contribution in [0.25, 0.3) is 0 Å². The van der Waals surface area contributed by atoms with Crippen LogP contribution in [-0.4, -0.2) is 54.3 Å². The number of rotatable bonds is 2. The van der Waals surface area contributed by atoms with Crippen molar-refractivity contribution in [3.63, 3.8) is 0 Å². The van der Waals surface area contributed by atoms with Crippen LogP contribution in [-0.2, 0) is 4.74 Å². The number of hydrogen-bond donors (Lipinski definition) is 3. The Morgan fingerprint density at radius 1 is 1.65 bits per heavy atom. The van der Waals surface area contributed by atoms with E-state index < -0.39 is 36.3 Å². The Hall–Kier alpha value is -1.35. The molecule has 2 heterocycles. The Morgan fingerprint density at radius 2 is 2.35 bits per heavy atom. The number of aromatic nitrogens is 3. The average molecular weight is 243 g/mol. The first-order valence-corrected chi connectivity index (χ1v) is 5.03. The van der Waals surface area contributed by atoms with Gasteiger partial charge in [0.15, 0.2) is 6.23 Å². The summed E-state index contributed by atoms with van der Waals surface area (Å²) in [4.78, 5) is 18.5. The van der Waals surface area contributed by atoms with Crippen molar-refractivity contribution >= 4 is 0 Å². The zero-order valence-electron chi connectivity index (χ0n) is 9.09. The van der Waals surface area contributed by atoms with Crippen LogP contribution < -0.4 is 5.69 Å². The van der Waals surface area contributed by atoms with Gasteiger partial charge in [0.05, 0.1) is 6.61 Å². The van der Waals surface area contributed by atoms with E-state index in [-0.39, 0.29) is 0 Å². The lowest BCUT2D eigenvalue weighted by molar-refractivity contribution is -0.0991. The molecule has 1 fully saturated rings. The molecule has 3 N–H and O–H groups in total. The zero-order valence-corrected chi connectivity index (χ0v) is 9.09. The summed E-state index contributed by atoms with van der Waals surface area (Å²) in [6.07, 6.45) is -1.17.